The first-order valence-corrected chi connectivity index (χ1v) is 6.32. The lowest BCUT2D eigenvalue weighted by Crippen LogP contribution is -2.50. The molecule has 18 heavy (non-hydrogen) atoms. The second kappa shape index (κ2) is 5.33. The van der Waals surface area contributed by atoms with E-state index in [0.717, 1.165) is 25.7 Å². The molecule has 0 saturated carbocycles. The fourth-order valence-electron chi connectivity index (χ4n) is 2.49. The highest BCUT2D eigenvalue weighted by Gasteiger charge is 2.33. The minimum Gasteiger partial charge on any atom is -0.388 e. The number of benzene rings is 1. The number of likely N-dealkylation sites (tertiary alicyclic amines) is 1. The number of hydrogen-bond acceptors (Lipinski definition) is 2. The molecule has 1 N–H and O–H groups in total. The Kier molecular flexibility index (Phi) is 3.97. The number of halogens is 2. The lowest BCUT2D eigenvalue weighted by atomic mass is 9.88. The molecule has 1 unspecified atom stereocenters. The predicted octanol–water partition coefficient (Wildman–Crippen LogP) is 2.59. The van der Waals surface area contributed by atoms with E-state index in [1.165, 1.54) is 12.1 Å². The van der Waals surface area contributed by atoms with E-state index in [1.807, 2.05) is 0 Å². The molecule has 100 valence electrons. The lowest BCUT2D eigenvalue weighted by Gasteiger charge is -2.42. The maximum Gasteiger partial charge on any atom is 0.126 e. The van der Waals surface area contributed by atoms with Crippen molar-refractivity contribution in [2.24, 2.45) is 11.8 Å². The quantitative estimate of drug-likeness (QED) is 0.894. The highest BCUT2D eigenvalue weighted by Crippen LogP contribution is 2.30. The van der Waals surface area contributed by atoms with E-state index in [0.29, 0.717) is 11.5 Å². The summed E-state index contributed by atoms with van der Waals surface area (Å²) < 4.78 is 26.1. The zero-order valence-electron chi connectivity index (χ0n) is 10.7. The van der Waals surface area contributed by atoms with Crippen LogP contribution in [0.4, 0.5) is 8.78 Å². The van der Waals surface area contributed by atoms with E-state index in [9.17, 15) is 13.9 Å². The predicted molar refractivity (Wildman–Crippen MR) is 66.1 cm³/mol. The molecule has 1 fully saturated rings. The largest absolute Gasteiger partial charge is 0.388 e. The van der Waals surface area contributed by atoms with Gasteiger partial charge in [0.05, 0.1) is 6.10 Å². The van der Waals surface area contributed by atoms with Gasteiger partial charge in [-0.3, -0.25) is 0 Å². The summed E-state index contributed by atoms with van der Waals surface area (Å²) in [7, 11) is 0. The zero-order valence-corrected chi connectivity index (χ0v) is 10.7. The van der Waals surface area contributed by atoms with Crippen LogP contribution in [0.1, 0.15) is 25.5 Å². The molecular weight excluding hydrogens is 236 g/mol. The number of nitrogens with zero attached hydrogens (tertiary/aromatic N) is 1. The number of hydrogen-bond donors (Lipinski definition) is 1. The standard InChI is InChI=1S/C14H19F2NO/c1-9(2)6-17-7-11(8-17)14(18)10-3-12(15)5-13(16)4-10/h3-5,9,11,14,18H,6-8H2,1-2H3. The monoisotopic (exact) mass is 255 g/mol. The normalized spacial score (nSPS) is 19.0. The molecule has 0 spiro atoms. The molecule has 0 amide bonds. The van der Waals surface area contributed by atoms with Crippen molar-refractivity contribution in [2.75, 3.05) is 19.6 Å². The number of aliphatic hydroxyl groups is 1. The molecule has 0 bridgehead atoms. The lowest BCUT2D eigenvalue weighted by molar-refractivity contribution is -0.0105. The minimum atomic E-state index is -0.779. The Labute approximate surface area is 106 Å². The van der Waals surface area contributed by atoms with Gasteiger partial charge in [-0.15, -0.1) is 0 Å². The van der Waals surface area contributed by atoms with Gasteiger partial charge in [0, 0.05) is 31.6 Å². The average molecular weight is 255 g/mol. The first kappa shape index (κ1) is 13.4. The third kappa shape index (κ3) is 3.06. The summed E-state index contributed by atoms with van der Waals surface area (Å²) in [5, 5.41) is 10.1. The Morgan fingerprint density at radius 3 is 2.28 bits per heavy atom. The van der Waals surface area contributed by atoms with Gasteiger partial charge < -0.3 is 10.0 Å². The first-order chi connectivity index (χ1) is 8.45. The molecule has 4 heteroatoms. The van der Waals surface area contributed by atoms with Crippen LogP contribution in [-0.4, -0.2) is 29.6 Å². The van der Waals surface area contributed by atoms with Crippen LogP contribution in [0.2, 0.25) is 0 Å². The Hall–Kier alpha value is -1.00. The van der Waals surface area contributed by atoms with Crippen molar-refractivity contribution in [1.82, 2.24) is 4.90 Å². The third-order valence-corrected chi connectivity index (χ3v) is 3.28. The molecule has 1 atom stereocenters. The van der Waals surface area contributed by atoms with E-state index < -0.39 is 17.7 Å². The number of aliphatic hydroxyl groups excluding tert-OH is 1. The molecule has 0 aliphatic carbocycles. The molecule has 1 aromatic carbocycles. The van der Waals surface area contributed by atoms with Crippen molar-refractivity contribution in [3.63, 3.8) is 0 Å². The summed E-state index contributed by atoms with van der Waals surface area (Å²) in [4.78, 5) is 2.24. The average Bonchev–Trinajstić information content (AvgIpc) is 2.20. The van der Waals surface area contributed by atoms with Crippen molar-refractivity contribution in [3.05, 3.63) is 35.4 Å². The van der Waals surface area contributed by atoms with Gasteiger partial charge in [-0.2, -0.15) is 0 Å². The van der Waals surface area contributed by atoms with Gasteiger partial charge in [0.15, 0.2) is 0 Å². The van der Waals surface area contributed by atoms with Crippen molar-refractivity contribution in [3.8, 4) is 0 Å². The molecule has 0 radical (unpaired) electrons. The van der Waals surface area contributed by atoms with Crippen molar-refractivity contribution < 1.29 is 13.9 Å². The molecule has 1 heterocycles. The highest BCUT2D eigenvalue weighted by atomic mass is 19.1. The summed E-state index contributed by atoms with van der Waals surface area (Å²) in [6, 6.07) is 3.24. The molecule has 1 aliphatic rings. The topological polar surface area (TPSA) is 23.5 Å². The molecule has 2 rings (SSSR count). The summed E-state index contributed by atoms with van der Waals surface area (Å²) in [6.45, 7) is 6.87. The summed E-state index contributed by atoms with van der Waals surface area (Å²) in [5.41, 5.74) is 0.335. The van der Waals surface area contributed by atoms with Crippen LogP contribution < -0.4 is 0 Å². The second-order valence-electron chi connectivity index (χ2n) is 5.52. The van der Waals surface area contributed by atoms with E-state index in [1.54, 1.807) is 0 Å². The van der Waals surface area contributed by atoms with Gasteiger partial charge in [-0.1, -0.05) is 13.8 Å². The molecule has 1 saturated heterocycles. The Balaban J connectivity index is 1.95. The van der Waals surface area contributed by atoms with Crippen LogP contribution in [0, 0.1) is 23.5 Å². The molecular formula is C14H19F2NO. The number of rotatable bonds is 4. The van der Waals surface area contributed by atoms with Crippen LogP contribution in [-0.2, 0) is 0 Å². The van der Waals surface area contributed by atoms with Crippen molar-refractivity contribution in [1.29, 1.82) is 0 Å². The van der Waals surface area contributed by atoms with Crippen LogP contribution in [0.15, 0.2) is 18.2 Å². The van der Waals surface area contributed by atoms with E-state index in [4.69, 9.17) is 0 Å². The highest BCUT2D eigenvalue weighted by molar-refractivity contribution is 5.21. The second-order valence-corrected chi connectivity index (χ2v) is 5.52. The van der Waals surface area contributed by atoms with Crippen LogP contribution in [0.3, 0.4) is 0 Å². The van der Waals surface area contributed by atoms with Gasteiger partial charge >= 0.3 is 0 Å². The van der Waals surface area contributed by atoms with E-state index in [-0.39, 0.29) is 5.92 Å². The van der Waals surface area contributed by atoms with Gasteiger partial charge in [-0.05, 0) is 23.6 Å². The summed E-state index contributed by atoms with van der Waals surface area (Å²) in [5.74, 6) is -0.607. The first-order valence-electron chi connectivity index (χ1n) is 6.32. The maximum absolute atomic E-state index is 13.1. The van der Waals surface area contributed by atoms with Crippen molar-refractivity contribution >= 4 is 0 Å². The van der Waals surface area contributed by atoms with Crippen LogP contribution in [0.25, 0.3) is 0 Å². The molecule has 0 aromatic heterocycles. The van der Waals surface area contributed by atoms with Crippen LogP contribution >= 0.6 is 0 Å². The van der Waals surface area contributed by atoms with Gasteiger partial charge in [0.25, 0.3) is 0 Å². The molecule has 1 aliphatic heterocycles. The van der Waals surface area contributed by atoms with Gasteiger partial charge in [0.2, 0.25) is 0 Å². The zero-order chi connectivity index (χ0) is 13.3. The van der Waals surface area contributed by atoms with Gasteiger partial charge in [0.1, 0.15) is 11.6 Å². The third-order valence-electron chi connectivity index (χ3n) is 3.28. The molecule has 2 nitrogen and oxygen atoms in total. The maximum atomic E-state index is 13.1. The Bertz CT molecular complexity index is 396. The fraction of sp³-hybridized carbons (Fsp3) is 0.571. The van der Waals surface area contributed by atoms with Gasteiger partial charge in [-0.25, -0.2) is 8.78 Å². The Morgan fingerprint density at radius 2 is 1.78 bits per heavy atom. The van der Waals surface area contributed by atoms with Crippen molar-refractivity contribution in [2.45, 2.75) is 20.0 Å². The smallest absolute Gasteiger partial charge is 0.126 e. The SMILES string of the molecule is CC(C)CN1CC(C(O)c2cc(F)cc(F)c2)C1. The Morgan fingerprint density at radius 1 is 1.22 bits per heavy atom. The van der Waals surface area contributed by atoms with E-state index >= 15 is 0 Å². The summed E-state index contributed by atoms with van der Waals surface area (Å²) in [6.07, 6.45) is -0.779. The molecule has 1 aromatic rings. The minimum absolute atomic E-state index is 0.0740. The summed E-state index contributed by atoms with van der Waals surface area (Å²) >= 11 is 0. The fourth-order valence-corrected chi connectivity index (χ4v) is 2.49. The van der Waals surface area contributed by atoms with Crippen LogP contribution in [0.5, 0.6) is 0 Å². The van der Waals surface area contributed by atoms with E-state index in [2.05, 4.69) is 18.7 Å².